The number of nitrogens with two attached hydrogens (primary N) is 1. The van der Waals surface area contributed by atoms with Crippen molar-refractivity contribution in [3.8, 4) is 0 Å². The monoisotopic (exact) mass is 184 g/mol. The maximum atomic E-state index is 5.99. The second-order valence-electron chi connectivity index (χ2n) is 5.53. The van der Waals surface area contributed by atoms with Gasteiger partial charge in [0.15, 0.2) is 0 Å². The van der Waals surface area contributed by atoms with E-state index in [1.165, 1.54) is 12.8 Å². The number of rotatable bonds is 5. The number of hydrogen-bond acceptors (Lipinski definition) is 2. The van der Waals surface area contributed by atoms with Gasteiger partial charge in [-0.25, -0.2) is 0 Å². The standard InChI is InChI=1S/C11H24N2/c1-11(2,3)8-13-7-6-10(12)9-4-5-9/h9-10,13H,4-8,12H2,1-3H3. The van der Waals surface area contributed by atoms with E-state index in [1.54, 1.807) is 0 Å². The molecule has 0 radical (unpaired) electrons. The van der Waals surface area contributed by atoms with Gasteiger partial charge >= 0.3 is 0 Å². The highest BCUT2D eigenvalue weighted by Crippen LogP contribution is 2.32. The molecule has 2 nitrogen and oxygen atoms in total. The Balaban J connectivity index is 1.94. The van der Waals surface area contributed by atoms with Gasteiger partial charge in [-0.1, -0.05) is 20.8 Å². The van der Waals surface area contributed by atoms with E-state index in [9.17, 15) is 0 Å². The molecule has 1 atom stereocenters. The zero-order valence-electron chi connectivity index (χ0n) is 9.27. The predicted octanol–water partition coefficient (Wildman–Crippen LogP) is 1.75. The van der Waals surface area contributed by atoms with Crippen LogP contribution in [0.15, 0.2) is 0 Å². The van der Waals surface area contributed by atoms with Crippen LogP contribution in [0.4, 0.5) is 0 Å². The Bertz CT molecular complexity index is 145. The van der Waals surface area contributed by atoms with Crippen molar-refractivity contribution in [1.82, 2.24) is 5.32 Å². The molecule has 0 aliphatic heterocycles. The molecule has 1 saturated carbocycles. The first kappa shape index (κ1) is 11.0. The van der Waals surface area contributed by atoms with E-state index in [0.717, 1.165) is 25.4 Å². The lowest BCUT2D eigenvalue weighted by molar-refractivity contribution is 0.372. The fourth-order valence-electron chi connectivity index (χ4n) is 1.49. The van der Waals surface area contributed by atoms with Gasteiger partial charge in [-0.3, -0.25) is 0 Å². The average Bonchev–Trinajstić information content (AvgIpc) is 2.77. The molecule has 78 valence electrons. The first-order valence-corrected chi connectivity index (χ1v) is 5.45. The van der Waals surface area contributed by atoms with Crippen molar-refractivity contribution in [1.29, 1.82) is 0 Å². The smallest absolute Gasteiger partial charge is 0.00792 e. The van der Waals surface area contributed by atoms with E-state index in [1.807, 2.05) is 0 Å². The third-order valence-corrected chi connectivity index (χ3v) is 2.54. The van der Waals surface area contributed by atoms with Crippen molar-refractivity contribution >= 4 is 0 Å². The maximum absolute atomic E-state index is 5.99. The highest BCUT2D eigenvalue weighted by Gasteiger charge is 2.27. The molecule has 1 unspecified atom stereocenters. The van der Waals surface area contributed by atoms with E-state index >= 15 is 0 Å². The van der Waals surface area contributed by atoms with Crippen LogP contribution in [0.2, 0.25) is 0 Å². The van der Waals surface area contributed by atoms with Gasteiger partial charge in [-0.15, -0.1) is 0 Å². The summed E-state index contributed by atoms with van der Waals surface area (Å²) in [6.45, 7) is 8.92. The summed E-state index contributed by atoms with van der Waals surface area (Å²) in [4.78, 5) is 0. The fraction of sp³-hybridized carbons (Fsp3) is 1.00. The molecule has 1 fully saturated rings. The van der Waals surface area contributed by atoms with Crippen molar-refractivity contribution in [2.75, 3.05) is 13.1 Å². The first-order valence-electron chi connectivity index (χ1n) is 5.45. The fourth-order valence-corrected chi connectivity index (χ4v) is 1.49. The Morgan fingerprint density at radius 3 is 2.46 bits per heavy atom. The molecule has 1 aliphatic carbocycles. The lowest BCUT2D eigenvalue weighted by Gasteiger charge is -2.19. The summed E-state index contributed by atoms with van der Waals surface area (Å²) in [5.74, 6) is 0.844. The van der Waals surface area contributed by atoms with E-state index < -0.39 is 0 Å². The SMILES string of the molecule is CC(C)(C)CNCCC(N)C1CC1. The number of hydrogen-bond donors (Lipinski definition) is 2. The molecular formula is C11H24N2. The molecule has 0 aromatic carbocycles. The lowest BCUT2D eigenvalue weighted by Crippen LogP contribution is -2.32. The molecule has 13 heavy (non-hydrogen) atoms. The highest BCUT2D eigenvalue weighted by atomic mass is 14.9. The Kier molecular flexibility index (Phi) is 3.74. The van der Waals surface area contributed by atoms with Crippen molar-refractivity contribution in [2.24, 2.45) is 17.1 Å². The minimum absolute atomic E-state index is 0.393. The molecule has 1 rings (SSSR count). The van der Waals surface area contributed by atoms with Crippen LogP contribution >= 0.6 is 0 Å². The summed E-state index contributed by atoms with van der Waals surface area (Å²) in [6, 6.07) is 0.451. The van der Waals surface area contributed by atoms with Crippen LogP contribution in [0.3, 0.4) is 0 Å². The van der Waals surface area contributed by atoms with E-state index in [4.69, 9.17) is 5.73 Å². The van der Waals surface area contributed by atoms with E-state index in [0.29, 0.717) is 11.5 Å². The van der Waals surface area contributed by atoms with Crippen LogP contribution in [0.25, 0.3) is 0 Å². The lowest BCUT2D eigenvalue weighted by atomic mass is 9.97. The molecule has 0 bridgehead atoms. The van der Waals surface area contributed by atoms with Gasteiger partial charge in [-0.05, 0) is 43.7 Å². The summed E-state index contributed by atoms with van der Waals surface area (Å²) >= 11 is 0. The van der Waals surface area contributed by atoms with E-state index in [2.05, 4.69) is 26.1 Å². The van der Waals surface area contributed by atoms with Crippen LogP contribution in [0, 0.1) is 11.3 Å². The van der Waals surface area contributed by atoms with E-state index in [-0.39, 0.29) is 0 Å². The summed E-state index contributed by atoms with van der Waals surface area (Å²) in [6.07, 6.45) is 3.86. The number of nitrogens with one attached hydrogen (secondary N) is 1. The zero-order chi connectivity index (χ0) is 9.90. The van der Waals surface area contributed by atoms with Crippen molar-refractivity contribution in [3.05, 3.63) is 0 Å². The van der Waals surface area contributed by atoms with Gasteiger partial charge in [0.1, 0.15) is 0 Å². The van der Waals surface area contributed by atoms with Crippen molar-refractivity contribution in [3.63, 3.8) is 0 Å². The molecule has 3 N–H and O–H groups in total. The molecule has 2 heteroatoms. The molecule has 0 heterocycles. The highest BCUT2D eigenvalue weighted by molar-refractivity contribution is 4.84. The minimum atomic E-state index is 0.393. The molecule has 1 aliphatic rings. The first-order chi connectivity index (χ1) is 5.99. The predicted molar refractivity (Wildman–Crippen MR) is 57.6 cm³/mol. The van der Waals surface area contributed by atoms with Gasteiger partial charge in [-0.2, -0.15) is 0 Å². The summed E-state index contributed by atoms with van der Waals surface area (Å²) in [5, 5.41) is 3.46. The van der Waals surface area contributed by atoms with Crippen LogP contribution in [-0.4, -0.2) is 19.1 Å². The van der Waals surface area contributed by atoms with Gasteiger partial charge in [0, 0.05) is 6.04 Å². The molecule has 0 aromatic heterocycles. The third-order valence-electron chi connectivity index (χ3n) is 2.54. The second kappa shape index (κ2) is 4.43. The Labute approximate surface area is 82.3 Å². The molecule has 0 aromatic rings. The summed E-state index contributed by atoms with van der Waals surface area (Å²) in [7, 11) is 0. The Morgan fingerprint density at radius 1 is 1.38 bits per heavy atom. The van der Waals surface area contributed by atoms with Crippen LogP contribution in [0.5, 0.6) is 0 Å². The average molecular weight is 184 g/mol. The topological polar surface area (TPSA) is 38.0 Å². The van der Waals surface area contributed by atoms with Crippen LogP contribution in [-0.2, 0) is 0 Å². The zero-order valence-corrected chi connectivity index (χ0v) is 9.27. The largest absolute Gasteiger partial charge is 0.327 e. The minimum Gasteiger partial charge on any atom is -0.327 e. The second-order valence-corrected chi connectivity index (χ2v) is 5.53. The Morgan fingerprint density at radius 2 is 2.00 bits per heavy atom. The molecule has 0 spiro atoms. The van der Waals surface area contributed by atoms with Crippen LogP contribution in [0.1, 0.15) is 40.0 Å². The van der Waals surface area contributed by atoms with Crippen molar-refractivity contribution in [2.45, 2.75) is 46.1 Å². The van der Waals surface area contributed by atoms with Gasteiger partial charge in [0.25, 0.3) is 0 Å². The molecular weight excluding hydrogens is 160 g/mol. The maximum Gasteiger partial charge on any atom is 0.00792 e. The normalized spacial score (nSPS) is 20.3. The quantitative estimate of drug-likeness (QED) is 0.639. The third kappa shape index (κ3) is 5.27. The molecule has 0 saturated heterocycles. The molecule has 0 amide bonds. The van der Waals surface area contributed by atoms with Gasteiger partial charge in [0.2, 0.25) is 0 Å². The summed E-state index contributed by atoms with van der Waals surface area (Å²) in [5.41, 5.74) is 6.38. The van der Waals surface area contributed by atoms with Crippen molar-refractivity contribution < 1.29 is 0 Å². The van der Waals surface area contributed by atoms with Gasteiger partial charge < -0.3 is 11.1 Å². The summed E-state index contributed by atoms with van der Waals surface area (Å²) < 4.78 is 0. The Hall–Kier alpha value is -0.0800. The van der Waals surface area contributed by atoms with Crippen LogP contribution < -0.4 is 11.1 Å². The van der Waals surface area contributed by atoms with Gasteiger partial charge in [0.05, 0.1) is 0 Å².